The predicted octanol–water partition coefficient (Wildman–Crippen LogP) is 2.04. The van der Waals surface area contributed by atoms with Gasteiger partial charge in [0.25, 0.3) is 0 Å². The van der Waals surface area contributed by atoms with E-state index in [9.17, 15) is 13.2 Å². The third-order valence-corrected chi connectivity index (χ3v) is 4.55. The fourth-order valence-corrected chi connectivity index (χ4v) is 3.29. The van der Waals surface area contributed by atoms with Crippen molar-refractivity contribution in [2.45, 2.75) is 37.6 Å². The highest BCUT2D eigenvalue weighted by atomic mass is 35.5. The van der Waals surface area contributed by atoms with Gasteiger partial charge in [-0.25, -0.2) is 8.42 Å². The van der Waals surface area contributed by atoms with Crippen LogP contribution in [0.5, 0.6) is 0 Å². The molecule has 0 bridgehead atoms. The van der Waals surface area contributed by atoms with E-state index in [1.807, 2.05) is 6.92 Å². The largest absolute Gasteiger partial charge is 0.480 e. The van der Waals surface area contributed by atoms with Crippen molar-refractivity contribution in [1.29, 1.82) is 0 Å². The van der Waals surface area contributed by atoms with Crippen LogP contribution < -0.4 is 4.72 Å². The molecule has 1 aromatic carbocycles. The molecule has 0 aliphatic rings. The average Bonchev–Trinajstić information content (AvgIpc) is 2.31. The number of carboxylic acid groups (broad SMARTS) is 1. The number of aryl methyl sites for hydroxylation is 1. The molecule has 0 spiro atoms. The molecule has 0 radical (unpaired) electrons. The quantitative estimate of drug-likeness (QED) is 0.842. The van der Waals surface area contributed by atoms with Crippen molar-refractivity contribution in [3.05, 3.63) is 28.8 Å². The van der Waals surface area contributed by atoms with Crippen LogP contribution in [0.1, 0.15) is 25.8 Å². The molecule has 0 amide bonds. The first-order valence-electron chi connectivity index (χ1n) is 5.81. The Bertz CT molecular complexity index is 571. The van der Waals surface area contributed by atoms with Gasteiger partial charge in [0.1, 0.15) is 10.9 Å². The van der Waals surface area contributed by atoms with Crippen LogP contribution in [0.2, 0.25) is 5.02 Å². The molecule has 0 heterocycles. The number of carboxylic acids is 1. The fraction of sp³-hybridized carbons (Fsp3) is 0.417. The molecule has 7 heteroatoms. The van der Waals surface area contributed by atoms with Crippen molar-refractivity contribution >= 4 is 27.6 Å². The monoisotopic (exact) mass is 305 g/mol. The molecule has 0 aliphatic heterocycles. The summed E-state index contributed by atoms with van der Waals surface area (Å²) in [6.45, 7) is 3.23. The summed E-state index contributed by atoms with van der Waals surface area (Å²) in [5.41, 5.74) is 0.843. The molecule has 19 heavy (non-hydrogen) atoms. The Balaban J connectivity index is 3.13. The van der Waals surface area contributed by atoms with Crippen molar-refractivity contribution in [3.8, 4) is 0 Å². The van der Waals surface area contributed by atoms with Crippen LogP contribution in [0.3, 0.4) is 0 Å². The molecule has 106 valence electrons. The van der Waals surface area contributed by atoms with Gasteiger partial charge in [0, 0.05) is 0 Å². The maximum Gasteiger partial charge on any atom is 0.321 e. The zero-order valence-electron chi connectivity index (χ0n) is 10.7. The first-order chi connectivity index (χ1) is 8.77. The number of hydrogen-bond donors (Lipinski definition) is 2. The van der Waals surface area contributed by atoms with E-state index in [2.05, 4.69) is 4.72 Å². The summed E-state index contributed by atoms with van der Waals surface area (Å²) in [7, 11) is -3.94. The third kappa shape index (κ3) is 4.19. The van der Waals surface area contributed by atoms with Crippen LogP contribution in [0, 0.1) is 0 Å². The molecule has 0 aromatic heterocycles. The number of carbonyl (C=O) groups is 1. The van der Waals surface area contributed by atoms with Gasteiger partial charge in [-0.3, -0.25) is 4.79 Å². The Morgan fingerprint density at radius 1 is 1.47 bits per heavy atom. The summed E-state index contributed by atoms with van der Waals surface area (Å²) in [6.07, 6.45) is 1.61. The highest BCUT2D eigenvalue weighted by Gasteiger charge is 2.23. The lowest BCUT2D eigenvalue weighted by Crippen LogP contribution is -2.38. The molecule has 0 aliphatic carbocycles. The summed E-state index contributed by atoms with van der Waals surface area (Å²) < 4.78 is 26.2. The molecular weight excluding hydrogens is 290 g/mol. The zero-order valence-corrected chi connectivity index (χ0v) is 12.3. The van der Waals surface area contributed by atoms with Gasteiger partial charge in [0.05, 0.1) is 5.02 Å². The Morgan fingerprint density at radius 3 is 2.63 bits per heavy atom. The zero-order chi connectivity index (χ0) is 14.6. The molecule has 1 aromatic rings. The molecule has 0 fully saturated rings. The van der Waals surface area contributed by atoms with Gasteiger partial charge in [0.2, 0.25) is 10.0 Å². The van der Waals surface area contributed by atoms with Crippen molar-refractivity contribution in [2.24, 2.45) is 0 Å². The van der Waals surface area contributed by atoms with E-state index < -0.39 is 22.0 Å². The Kier molecular flexibility index (Phi) is 5.34. The minimum atomic E-state index is -3.94. The van der Waals surface area contributed by atoms with Crippen LogP contribution in [0.4, 0.5) is 0 Å². The van der Waals surface area contributed by atoms with Gasteiger partial charge in [-0.15, -0.1) is 0 Å². The summed E-state index contributed by atoms with van der Waals surface area (Å²) in [5, 5.41) is 8.81. The SMILES string of the molecule is CCCc1ccc(Cl)c(S(=O)(=O)NC(C)C(=O)O)c1. The van der Waals surface area contributed by atoms with E-state index in [0.717, 1.165) is 18.4 Å². The van der Waals surface area contributed by atoms with Crippen LogP contribution in [-0.2, 0) is 21.2 Å². The topological polar surface area (TPSA) is 83.5 Å². The van der Waals surface area contributed by atoms with Crippen molar-refractivity contribution < 1.29 is 18.3 Å². The molecule has 0 saturated carbocycles. The summed E-state index contributed by atoms with van der Waals surface area (Å²) in [5.74, 6) is -1.25. The van der Waals surface area contributed by atoms with E-state index in [1.54, 1.807) is 6.07 Å². The molecule has 1 atom stereocenters. The van der Waals surface area contributed by atoms with Crippen LogP contribution >= 0.6 is 11.6 Å². The first-order valence-corrected chi connectivity index (χ1v) is 7.67. The van der Waals surface area contributed by atoms with Gasteiger partial charge in [-0.2, -0.15) is 4.72 Å². The van der Waals surface area contributed by atoms with Gasteiger partial charge < -0.3 is 5.11 Å². The normalized spacial score (nSPS) is 13.2. The molecule has 5 nitrogen and oxygen atoms in total. The van der Waals surface area contributed by atoms with E-state index in [0.29, 0.717) is 0 Å². The predicted molar refractivity (Wildman–Crippen MR) is 72.9 cm³/mol. The maximum atomic E-state index is 12.1. The lowest BCUT2D eigenvalue weighted by atomic mass is 10.1. The lowest BCUT2D eigenvalue weighted by molar-refractivity contribution is -0.138. The van der Waals surface area contributed by atoms with Gasteiger partial charge in [0.15, 0.2) is 0 Å². The summed E-state index contributed by atoms with van der Waals surface area (Å²) >= 11 is 5.88. The number of halogens is 1. The van der Waals surface area contributed by atoms with E-state index >= 15 is 0 Å². The lowest BCUT2D eigenvalue weighted by Gasteiger charge is -2.12. The van der Waals surface area contributed by atoms with E-state index in [-0.39, 0.29) is 9.92 Å². The molecule has 1 rings (SSSR count). The Morgan fingerprint density at radius 2 is 2.11 bits per heavy atom. The summed E-state index contributed by atoms with van der Waals surface area (Å²) in [6, 6.07) is 3.52. The fourth-order valence-electron chi connectivity index (χ4n) is 1.54. The second-order valence-electron chi connectivity index (χ2n) is 4.20. The number of hydrogen-bond acceptors (Lipinski definition) is 3. The Hall–Kier alpha value is -1.11. The van der Waals surface area contributed by atoms with Crippen LogP contribution in [0.15, 0.2) is 23.1 Å². The first kappa shape index (κ1) is 15.9. The number of aliphatic carboxylic acids is 1. The Labute approximate surface area is 117 Å². The number of benzene rings is 1. The number of sulfonamides is 1. The van der Waals surface area contributed by atoms with Gasteiger partial charge >= 0.3 is 5.97 Å². The van der Waals surface area contributed by atoms with Crippen molar-refractivity contribution in [3.63, 3.8) is 0 Å². The second-order valence-corrected chi connectivity index (χ2v) is 6.29. The molecule has 2 N–H and O–H groups in total. The smallest absolute Gasteiger partial charge is 0.321 e. The third-order valence-electron chi connectivity index (χ3n) is 2.53. The standard InChI is InChI=1S/C12H16ClNO4S/c1-3-4-9-5-6-10(13)11(7-9)19(17,18)14-8(2)12(15)16/h5-8,14H,3-4H2,1-2H3,(H,15,16). The maximum absolute atomic E-state index is 12.1. The van der Waals surface area contributed by atoms with E-state index in [1.165, 1.54) is 19.1 Å². The van der Waals surface area contributed by atoms with Crippen LogP contribution in [0.25, 0.3) is 0 Å². The molecule has 1 unspecified atom stereocenters. The van der Waals surface area contributed by atoms with Crippen LogP contribution in [-0.4, -0.2) is 25.5 Å². The highest BCUT2D eigenvalue weighted by molar-refractivity contribution is 7.89. The minimum Gasteiger partial charge on any atom is -0.480 e. The molecular formula is C12H16ClNO4S. The van der Waals surface area contributed by atoms with Gasteiger partial charge in [-0.1, -0.05) is 31.0 Å². The summed E-state index contributed by atoms with van der Waals surface area (Å²) in [4.78, 5) is 10.6. The average molecular weight is 306 g/mol. The van der Waals surface area contributed by atoms with Gasteiger partial charge in [-0.05, 0) is 31.0 Å². The second kappa shape index (κ2) is 6.36. The van der Waals surface area contributed by atoms with Crippen molar-refractivity contribution in [2.75, 3.05) is 0 Å². The molecule has 0 saturated heterocycles. The van der Waals surface area contributed by atoms with Crippen molar-refractivity contribution in [1.82, 2.24) is 4.72 Å². The minimum absolute atomic E-state index is 0.0740. The van der Waals surface area contributed by atoms with E-state index in [4.69, 9.17) is 16.7 Å². The number of rotatable bonds is 6. The number of nitrogens with one attached hydrogen (secondary N) is 1. The highest BCUT2D eigenvalue weighted by Crippen LogP contribution is 2.23.